The molecule has 0 bridgehead atoms. The van der Waals surface area contributed by atoms with Crippen molar-refractivity contribution in [1.29, 1.82) is 0 Å². The Labute approximate surface area is 130 Å². The number of hydrogen-bond donors (Lipinski definition) is 1. The van der Waals surface area contributed by atoms with Gasteiger partial charge in [-0.1, -0.05) is 11.6 Å². The van der Waals surface area contributed by atoms with Crippen molar-refractivity contribution in [2.24, 2.45) is 7.05 Å². The molecular weight excluding hydrogens is 282 g/mol. The van der Waals surface area contributed by atoms with E-state index in [4.69, 9.17) is 9.47 Å². The lowest BCUT2D eigenvalue weighted by atomic mass is 9.99. The third-order valence-electron chi connectivity index (χ3n) is 4.24. The maximum Gasteiger partial charge on any atom is 0.270 e. The number of aromatic nitrogens is 2. The monoisotopic (exact) mass is 305 g/mol. The average Bonchev–Trinajstić information content (AvgIpc) is 2.82. The van der Waals surface area contributed by atoms with Crippen LogP contribution in [-0.2, 0) is 22.9 Å². The summed E-state index contributed by atoms with van der Waals surface area (Å²) in [6.07, 6.45) is 3.69. The van der Waals surface area contributed by atoms with Gasteiger partial charge in [0, 0.05) is 25.6 Å². The number of rotatable bonds is 3. The average molecular weight is 305 g/mol. The Hall–Kier alpha value is -1.66. The predicted octanol–water partition coefficient (Wildman–Crippen LogP) is 1.52. The Balaban J connectivity index is 1.76. The van der Waals surface area contributed by atoms with Crippen LogP contribution in [0.5, 0.6) is 0 Å². The molecule has 0 radical (unpaired) electrons. The van der Waals surface area contributed by atoms with Crippen LogP contribution in [0.2, 0.25) is 0 Å². The summed E-state index contributed by atoms with van der Waals surface area (Å²) in [5.41, 5.74) is 3.79. The second kappa shape index (κ2) is 6.22. The minimum Gasteiger partial charge on any atom is -0.377 e. The number of carbonyl (C=O) groups is 1. The minimum absolute atomic E-state index is 0.0649. The maximum atomic E-state index is 12.6. The third kappa shape index (κ3) is 2.94. The topological polar surface area (TPSA) is 65.4 Å². The predicted molar refractivity (Wildman–Crippen MR) is 81.7 cm³/mol. The summed E-state index contributed by atoms with van der Waals surface area (Å²) in [7, 11) is 1.82. The molecule has 6 heteroatoms. The smallest absolute Gasteiger partial charge is 0.270 e. The van der Waals surface area contributed by atoms with Gasteiger partial charge in [0.1, 0.15) is 5.69 Å². The summed E-state index contributed by atoms with van der Waals surface area (Å²) in [6.45, 7) is 5.95. The fraction of sp³-hybridized carbons (Fsp3) is 0.625. The summed E-state index contributed by atoms with van der Waals surface area (Å²) in [5.74, 6) is -0.0649. The number of carbonyl (C=O) groups excluding carboxylic acids is 1. The van der Waals surface area contributed by atoms with Gasteiger partial charge in [-0.05, 0) is 20.3 Å². The van der Waals surface area contributed by atoms with Crippen LogP contribution in [-0.4, -0.2) is 41.6 Å². The van der Waals surface area contributed by atoms with Crippen molar-refractivity contribution in [3.63, 3.8) is 0 Å². The molecule has 1 aromatic rings. The van der Waals surface area contributed by atoms with Crippen LogP contribution in [0.3, 0.4) is 0 Å². The lowest BCUT2D eigenvalue weighted by molar-refractivity contribution is -0.00709. The van der Waals surface area contributed by atoms with Gasteiger partial charge >= 0.3 is 0 Å². The van der Waals surface area contributed by atoms with E-state index in [-0.39, 0.29) is 18.1 Å². The highest BCUT2D eigenvalue weighted by Crippen LogP contribution is 2.31. The molecule has 0 fully saturated rings. The van der Waals surface area contributed by atoms with Crippen LogP contribution >= 0.6 is 0 Å². The molecule has 2 atom stereocenters. The van der Waals surface area contributed by atoms with Crippen LogP contribution < -0.4 is 5.32 Å². The quantitative estimate of drug-likeness (QED) is 0.860. The van der Waals surface area contributed by atoms with Gasteiger partial charge in [0.05, 0.1) is 31.1 Å². The van der Waals surface area contributed by atoms with Crippen LogP contribution in [0.25, 0.3) is 0 Å². The number of nitrogens with zero attached hydrogens (tertiary/aromatic N) is 2. The van der Waals surface area contributed by atoms with Gasteiger partial charge in [0.15, 0.2) is 0 Å². The third-order valence-corrected chi connectivity index (χ3v) is 4.24. The van der Waals surface area contributed by atoms with E-state index in [0.29, 0.717) is 18.8 Å². The SMILES string of the molecule is C[C@@H]1Cc2c(nn(C)c2C(=O)NCC2=CCOCC2)[C@H](C)O1. The molecule has 0 spiro atoms. The normalized spacial score (nSPS) is 24.6. The molecule has 6 nitrogen and oxygen atoms in total. The molecule has 1 N–H and O–H groups in total. The fourth-order valence-corrected chi connectivity index (χ4v) is 3.15. The van der Waals surface area contributed by atoms with Crippen molar-refractivity contribution in [1.82, 2.24) is 15.1 Å². The highest BCUT2D eigenvalue weighted by Gasteiger charge is 2.31. The lowest BCUT2D eigenvalue weighted by Gasteiger charge is -2.24. The molecule has 3 rings (SSSR count). The summed E-state index contributed by atoms with van der Waals surface area (Å²) in [5, 5.41) is 7.49. The molecule has 1 amide bonds. The zero-order valence-corrected chi connectivity index (χ0v) is 13.4. The Morgan fingerprint density at radius 2 is 2.32 bits per heavy atom. The molecule has 2 aliphatic heterocycles. The molecule has 22 heavy (non-hydrogen) atoms. The molecular formula is C16H23N3O3. The van der Waals surface area contributed by atoms with Crippen molar-refractivity contribution >= 4 is 5.91 Å². The van der Waals surface area contributed by atoms with Gasteiger partial charge in [-0.15, -0.1) is 0 Å². The summed E-state index contributed by atoms with van der Waals surface area (Å²) < 4.78 is 12.7. The summed E-state index contributed by atoms with van der Waals surface area (Å²) >= 11 is 0. The Morgan fingerprint density at radius 1 is 1.50 bits per heavy atom. The standard InChI is InChI=1S/C16H23N3O3/c1-10-8-13-14(11(2)22-10)18-19(3)15(13)16(20)17-9-12-4-6-21-7-5-12/h4,10-11H,5-9H2,1-3H3,(H,17,20)/t10-,11+/m1/s1. The van der Waals surface area contributed by atoms with Gasteiger partial charge < -0.3 is 14.8 Å². The number of nitrogens with one attached hydrogen (secondary N) is 1. The van der Waals surface area contributed by atoms with Crippen LogP contribution in [0.4, 0.5) is 0 Å². The number of ether oxygens (including phenoxy) is 2. The Bertz CT molecular complexity index is 606. The van der Waals surface area contributed by atoms with E-state index < -0.39 is 0 Å². The second-order valence-electron chi connectivity index (χ2n) is 6.00. The van der Waals surface area contributed by atoms with Crippen LogP contribution in [0, 0.1) is 0 Å². The molecule has 0 unspecified atom stereocenters. The van der Waals surface area contributed by atoms with Crippen LogP contribution in [0.1, 0.15) is 48.1 Å². The van der Waals surface area contributed by atoms with Crippen molar-refractivity contribution < 1.29 is 14.3 Å². The summed E-state index contributed by atoms with van der Waals surface area (Å²) in [6, 6.07) is 0. The van der Waals surface area contributed by atoms with E-state index in [1.165, 1.54) is 5.57 Å². The van der Waals surface area contributed by atoms with E-state index in [1.54, 1.807) is 4.68 Å². The zero-order chi connectivity index (χ0) is 15.7. The van der Waals surface area contributed by atoms with Gasteiger partial charge in [-0.3, -0.25) is 9.48 Å². The van der Waals surface area contributed by atoms with Crippen molar-refractivity contribution in [3.8, 4) is 0 Å². The molecule has 0 saturated carbocycles. The molecule has 120 valence electrons. The number of aryl methyl sites for hydroxylation is 1. The molecule has 2 aliphatic rings. The summed E-state index contributed by atoms with van der Waals surface area (Å²) in [4.78, 5) is 12.6. The molecule has 1 aromatic heterocycles. The van der Waals surface area contributed by atoms with Gasteiger partial charge in [-0.2, -0.15) is 5.10 Å². The van der Waals surface area contributed by atoms with Crippen LogP contribution in [0.15, 0.2) is 11.6 Å². The van der Waals surface area contributed by atoms with Crippen molar-refractivity contribution in [3.05, 3.63) is 28.6 Å². The van der Waals surface area contributed by atoms with E-state index in [9.17, 15) is 4.79 Å². The molecule has 0 aliphatic carbocycles. The number of fused-ring (bicyclic) bond motifs is 1. The van der Waals surface area contributed by atoms with Gasteiger partial charge in [0.2, 0.25) is 0 Å². The number of hydrogen-bond acceptors (Lipinski definition) is 4. The van der Waals surface area contributed by atoms with E-state index >= 15 is 0 Å². The lowest BCUT2D eigenvalue weighted by Crippen LogP contribution is -2.30. The first kappa shape index (κ1) is 15.2. The largest absolute Gasteiger partial charge is 0.377 e. The highest BCUT2D eigenvalue weighted by molar-refractivity contribution is 5.94. The number of amides is 1. The molecule has 3 heterocycles. The van der Waals surface area contributed by atoms with E-state index in [0.717, 1.165) is 30.7 Å². The maximum absolute atomic E-state index is 12.6. The highest BCUT2D eigenvalue weighted by atomic mass is 16.5. The first-order chi connectivity index (χ1) is 10.6. The molecule has 0 saturated heterocycles. The van der Waals surface area contributed by atoms with E-state index in [1.807, 2.05) is 27.0 Å². The first-order valence-electron chi connectivity index (χ1n) is 7.81. The van der Waals surface area contributed by atoms with Crippen molar-refractivity contribution in [2.45, 2.75) is 38.9 Å². The minimum atomic E-state index is -0.0651. The fourth-order valence-electron chi connectivity index (χ4n) is 3.15. The Kier molecular flexibility index (Phi) is 4.31. The second-order valence-corrected chi connectivity index (χ2v) is 6.00. The van der Waals surface area contributed by atoms with E-state index in [2.05, 4.69) is 10.4 Å². The Morgan fingerprint density at radius 3 is 3.05 bits per heavy atom. The van der Waals surface area contributed by atoms with Crippen molar-refractivity contribution in [2.75, 3.05) is 19.8 Å². The first-order valence-corrected chi connectivity index (χ1v) is 7.81. The zero-order valence-electron chi connectivity index (χ0n) is 13.4. The van der Waals surface area contributed by atoms with Gasteiger partial charge in [-0.25, -0.2) is 0 Å². The molecule has 0 aromatic carbocycles. The van der Waals surface area contributed by atoms with Gasteiger partial charge in [0.25, 0.3) is 5.91 Å².